The molecule has 3 heterocycles. The van der Waals surface area contributed by atoms with Gasteiger partial charge < -0.3 is 5.32 Å². The summed E-state index contributed by atoms with van der Waals surface area (Å²) in [5.74, 6) is 0. The Morgan fingerprint density at radius 3 is 2.96 bits per heavy atom. The quantitative estimate of drug-likeness (QED) is 0.907. The lowest BCUT2D eigenvalue weighted by atomic mass is 9.80. The van der Waals surface area contributed by atoms with Gasteiger partial charge in [-0.25, -0.2) is 8.42 Å². The zero-order valence-corrected chi connectivity index (χ0v) is 14.8. The smallest absolute Gasteiger partial charge is 0.245 e. The Balaban J connectivity index is 1.78. The van der Waals surface area contributed by atoms with Gasteiger partial charge in [0, 0.05) is 31.2 Å². The molecule has 0 bridgehead atoms. The van der Waals surface area contributed by atoms with E-state index in [1.807, 2.05) is 25.1 Å². The van der Waals surface area contributed by atoms with Gasteiger partial charge in [-0.05, 0) is 61.9 Å². The molecule has 2 saturated heterocycles. The maximum atomic E-state index is 13.4. The molecule has 2 aliphatic rings. The maximum Gasteiger partial charge on any atom is 0.245 e. The fraction of sp³-hybridized carbons (Fsp3) is 0.500. The number of pyridine rings is 1. The highest BCUT2D eigenvalue weighted by Crippen LogP contribution is 2.38. The molecule has 1 aromatic heterocycles. The van der Waals surface area contributed by atoms with Gasteiger partial charge in [0.15, 0.2) is 0 Å². The predicted molar refractivity (Wildman–Crippen MR) is 94.4 cm³/mol. The molecule has 1 aromatic carbocycles. The van der Waals surface area contributed by atoms with E-state index in [1.165, 1.54) is 0 Å². The Morgan fingerprint density at radius 2 is 2.17 bits per heavy atom. The second kappa shape index (κ2) is 5.79. The van der Waals surface area contributed by atoms with Crippen molar-refractivity contribution >= 4 is 20.9 Å². The molecule has 128 valence electrons. The van der Waals surface area contributed by atoms with Crippen LogP contribution in [0.15, 0.2) is 35.4 Å². The Bertz CT molecular complexity index is 873. The zero-order chi connectivity index (χ0) is 16.8. The highest BCUT2D eigenvalue weighted by atomic mass is 32.2. The van der Waals surface area contributed by atoms with Gasteiger partial charge in [-0.15, -0.1) is 0 Å². The highest BCUT2D eigenvalue weighted by molar-refractivity contribution is 7.89. The van der Waals surface area contributed by atoms with Crippen molar-refractivity contribution in [3.05, 3.63) is 36.0 Å². The molecule has 0 unspecified atom stereocenters. The van der Waals surface area contributed by atoms with Crippen LogP contribution in [0.3, 0.4) is 0 Å². The molecule has 0 radical (unpaired) electrons. The topological polar surface area (TPSA) is 62.3 Å². The number of fused-ring (bicyclic) bond motifs is 1. The first kappa shape index (κ1) is 16.0. The minimum absolute atomic E-state index is 0.110. The van der Waals surface area contributed by atoms with Crippen molar-refractivity contribution in [2.24, 2.45) is 5.41 Å². The van der Waals surface area contributed by atoms with Crippen LogP contribution in [0.1, 0.15) is 24.8 Å². The zero-order valence-electron chi connectivity index (χ0n) is 14.0. The SMILES string of the molecule is Cc1cc(S(=O)(=O)N2CCC[C@]3(CCNC3)C2)c2ncccc2c1. The summed E-state index contributed by atoms with van der Waals surface area (Å²) in [6.07, 6.45) is 4.76. The second-order valence-electron chi connectivity index (χ2n) is 7.21. The number of hydrogen-bond donors (Lipinski definition) is 1. The van der Waals surface area contributed by atoms with E-state index in [0.717, 1.165) is 43.3 Å². The molecule has 0 aliphatic carbocycles. The average Bonchev–Trinajstić information content (AvgIpc) is 3.01. The van der Waals surface area contributed by atoms with E-state index in [9.17, 15) is 8.42 Å². The van der Waals surface area contributed by atoms with Crippen LogP contribution in [0.2, 0.25) is 0 Å². The number of benzene rings is 1. The first-order chi connectivity index (χ1) is 11.5. The van der Waals surface area contributed by atoms with Crippen molar-refractivity contribution in [3.63, 3.8) is 0 Å². The van der Waals surface area contributed by atoms with Crippen molar-refractivity contribution in [1.29, 1.82) is 0 Å². The van der Waals surface area contributed by atoms with Gasteiger partial charge in [0.1, 0.15) is 4.90 Å². The van der Waals surface area contributed by atoms with Crippen molar-refractivity contribution in [2.75, 3.05) is 26.2 Å². The monoisotopic (exact) mass is 345 g/mol. The van der Waals surface area contributed by atoms with Gasteiger partial charge >= 0.3 is 0 Å². The number of sulfonamides is 1. The van der Waals surface area contributed by atoms with Crippen LogP contribution in [0, 0.1) is 12.3 Å². The lowest BCUT2D eigenvalue weighted by Crippen LogP contribution is -2.47. The largest absolute Gasteiger partial charge is 0.316 e. The fourth-order valence-corrected chi connectivity index (χ4v) is 5.99. The molecule has 1 spiro atoms. The number of nitrogens with zero attached hydrogens (tertiary/aromatic N) is 2. The van der Waals surface area contributed by atoms with Crippen molar-refractivity contribution in [3.8, 4) is 0 Å². The summed E-state index contributed by atoms with van der Waals surface area (Å²) >= 11 is 0. The van der Waals surface area contributed by atoms with Crippen LogP contribution in [0.5, 0.6) is 0 Å². The third-order valence-corrected chi connectivity index (χ3v) is 7.25. The molecule has 2 aliphatic heterocycles. The van der Waals surface area contributed by atoms with Crippen molar-refractivity contribution in [1.82, 2.24) is 14.6 Å². The molecule has 0 saturated carbocycles. The number of aryl methyl sites for hydroxylation is 1. The first-order valence-electron chi connectivity index (χ1n) is 8.57. The van der Waals surface area contributed by atoms with Gasteiger partial charge in [-0.1, -0.05) is 6.07 Å². The highest BCUT2D eigenvalue weighted by Gasteiger charge is 2.42. The molecule has 2 aromatic rings. The second-order valence-corrected chi connectivity index (χ2v) is 9.11. The van der Waals surface area contributed by atoms with Gasteiger partial charge in [0.05, 0.1) is 5.52 Å². The van der Waals surface area contributed by atoms with E-state index in [1.54, 1.807) is 16.6 Å². The summed E-state index contributed by atoms with van der Waals surface area (Å²) < 4.78 is 28.4. The average molecular weight is 345 g/mol. The molecule has 1 N–H and O–H groups in total. The standard InChI is InChI=1S/C18H23N3O2S/c1-14-10-15-4-2-7-20-17(15)16(11-14)24(22,23)21-9-3-5-18(13-21)6-8-19-12-18/h2,4,7,10-11,19H,3,5-6,8-9,12-13H2,1H3/t18-/m1/s1. The lowest BCUT2D eigenvalue weighted by molar-refractivity contribution is 0.167. The Kier molecular flexibility index (Phi) is 3.86. The van der Waals surface area contributed by atoms with E-state index in [-0.39, 0.29) is 5.41 Å². The molecule has 5 nitrogen and oxygen atoms in total. The van der Waals surface area contributed by atoms with Crippen LogP contribution >= 0.6 is 0 Å². The van der Waals surface area contributed by atoms with Gasteiger partial charge in [0.25, 0.3) is 0 Å². The third kappa shape index (κ3) is 2.62. The van der Waals surface area contributed by atoms with Crippen LogP contribution in [0.4, 0.5) is 0 Å². The van der Waals surface area contributed by atoms with Crippen molar-refractivity contribution in [2.45, 2.75) is 31.1 Å². The molecule has 1 atom stereocenters. The van der Waals surface area contributed by atoms with E-state index < -0.39 is 10.0 Å². The van der Waals surface area contributed by atoms with Gasteiger partial charge in [-0.3, -0.25) is 4.98 Å². The normalized spacial score (nSPS) is 25.5. The summed E-state index contributed by atoms with van der Waals surface area (Å²) in [5.41, 5.74) is 1.63. The summed E-state index contributed by atoms with van der Waals surface area (Å²) in [5, 5.41) is 4.28. The summed E-state index contributed by atoms with van der Waals surface area (Å²) in [6.45, 7) is 5.07. The number of aromatic nitrogens is 1. The number of nitrogens with one attached hydrogen (secondary N) is 1. The maximum absolute atomic E-state index is 13.4. The van der Waals surface area contributed by atoms with Crippen LogP contribution in [0.25, 0.3) is 10.9 Å². The fourth-order valence-electron chi connectivity index (χ4n) is 4.15. The molecule has 24 heavy (non-hydrogen) atoms. The first-order valence-corrected chi connectivity index (χ1v) is 10.0. The van der Waals surface area contributed by atoms with E-state index in [2.05, 4.69) is 10.3 Å². The van der Waals surface area contributed by atoms with Gasteiger partial charge in [-0.2, -0.15) is 4.31 Å². The number of piperidine rings is 1. The molecule has 2 fully saturated rings. The van der Waals surface area contributed by atoms with Crippen LogP contribution in [-0.4, -0.2) is 43.9 Å². The summed E-state index contributed by atoms with van der Waals surface area (Å²) in [7, 11) is -3.53. The Morgan fingerprint density at radius 1 is 1.29 bits per heavy atom. The Hall–Kier alpha value is -1.50. The molecule has 6 heteroatoms. The van der Waals surface area contributed by atoms with E-state index in [0.29, 0.717) is 23.5 Å². The number of hydrogen-bond acceptors (Lipinski definition) is 4. The van der Waals surface area contributed by atoms with Crippen LogP contribution < -0.4 is 5.32 Å². The van der Waals surface area contributed by atoms with Crippen molar-refractivity contribution < 1.29 is 8.42 Å². The summed E-state index contributed by atoms with van der Waals surface area (Å²) in [4.78, 5) is 4.70. The minimum Gasteiger partial charge on any atom is -0.316 e. The molecule has 4 rings (SSSR count). The van der Waals surface area contributed by atoms with Gasteiger partial charge in [0.2, 0.25) is 10.0 Å². The predicted octanol–water partition coefficient (Wildman–Crippen LogP) is 2.31. The third-order valence-electron chi connectivity index (χ3n) is 5.39. The molecular weight excluding hydrogens is 322 g/mol. The van der Waals surface area contributed by atoms with E-state index in [4.69, 9.17) is 0 Å². The minimum atomic E-state index is -3.53. The van der Waals surface area contributed by atoms with E-state index >= 15 is 0 Å². The Labute approximate surface area is 143 Å². The molecular formula is C18H23N3O2S. The molecule has 0 amide bonds. The summed E-state index contributed by atoms with van der Waals surface area (Å²) in [6, 6.07) is 7.52. The van der Waals surface area contributed by atoms with Crippen LogP contribution in [-0.2, 0) is 10.0 Å². The number of rotatable bonds is 2. The lowest BCUT2D eigenvalue weighted by Gasteiger charge is -2.39.